The van der Waals surface area contributed by atoms with E-state index in [1.165, 1.54) is 0 Å². The number of carbonyl (C=O) groups excluding carboxylic acids is 2. The van der Waals surface area contributed by atoms with Crippen molar-refractivity contribution in [1.29, 1.82) is 0 Å². The summed E-state index contributed by atoms with van der Waals surface area (Å²) >= 11 is 0. The van der Waals surface area contributed by atoms with E-state index in [4.69, 9.17) is 4.74 Å². The lowest BCUT2D eigenvalue weighted by molar-refractivity contribution is -0.147. The summed E-state index contributed by atoms with van der Waals surface area (Å²) in [6.07, 6.45) is 4.26. The summed E-state index contributed by atoms with van der Waals surface area (Å²) in [4.78, 5) is 26.5. The molecule has 0 amide bonds. The summed E-state index contributed by atoms with van der Waals surface area (Å²) in [6.45, 7) is 11.6. The van der Waals surface area contributed by atoms with Crippen molar-refractivity contribution >= 4 is 11.6 Å². The summed E-state index contributed by atoms with van der Waals surface area (Å²) in [5.41, 5.74) is 0.725. The van der Waals surface area contributed by atoms with E-state index in [1.807, 2.05) is 33.8 Å². The van der Waals surface area contributed by atoms with E-state index in [0.29, 0.717) is 11.1 Å². The molecule has 8 atom stereocenters. The van der Waals surface area contributed by atoms with Gasteiger partial charge in [-0.15, -0.1) is 0 Å². The Morgan fingerprint density at radius 2 is 1.93 bits per heavy atom. The number of hydrogen-bond acceptors (Lipinski definition) is 5. The van der Waals surface area contributed by atoms with Gasteiger partial charge in [-0.2, -0.15) is 0 Å². The van der Waals surface area contributed by atoms with Crippen LogP contribution in [0.5, 0.6) is 0 Å². The third kappa shape index (κ3) is 2.85. The first kappa shape index (κ1) is 21.7. The number of rotatable bonds is 3. The van der Waals surface area contributed by atoms with Crippen molar-refractivity contribution in [3.05, 3.63) is 34.4 Å². The van der Waals surface area contributed by atoms with E-state index in [1.54, 1.807) is 13.0 Å². The third-order valence-electron chi connectivity index (χ3n) is 8.08. The summed E-state index contributed by atoms with van der Waals surface area (Å²) in [5.74, 6) is -1.17. The molecule has 0 unspecified atom stereocenters. The van der Waals surface area contributed by atoms with Crippen molar-refractivity contribution in [2.45, 2.75) is 84.2 Å². The van der Waals surface area contributed by atoms with Crippen LogP contribution in [-0.4, -0.2) is 45.2 Å². The Morgan fingerprint density at radius 1 is 1.27 bits per heavy atom. The lowest BCUT2D eigenvalue weighted by atomic mass is 9.62. The highest BCUT2D eigenvalue weighted by molar-refractivity contribution is 6.07. The van der Waals surface area contributed by atoms with Gasteiger partial charge in [-0.25, -0.2) is 0 Å². The zero-order chi connectivity index (χ0) is 22.2. The van der Waals surface area contributed by atoms with Gasteiger partial charge in [0, 0.05) is 11.5 Å². The van der Waals surface area contributed by atoms with Crippen LogP contribution in [0.25, 0.3) is 0 Å². The number of carbonyl (C=O) groups is 2. The molecule has 0 spiro atoms. The molecule has 2 N–H and O–H groups in total. The molecule has 4 aliphatic rings. The lowest BCUT2D eigenvalue weighted by Gasteiger charge is -2.43. The summed E-state index contributed by atoms with van der Waals surface area (Å²) in [7, 11) is 0. The van der Waals surface area contributed by atoms with E-state index < -0.39 is 23.2 Å². The van der Waals surface area contributed by atoms with Crippen LogP contribution in [0.1, 0.15) is 60.8 Å². The normalized spacial score (nSPS) is 45.5. The molecule has 1 heterocycles. The fourth-order valence-electron chi connectivity index (χ4n) is 6.50. The number of Topliss-reactive ketones (excluding diaryl/α,β-unsaturated/α-hetero) is 2. The van der Waals surface area contributed by atoms with Gasteiger partial charge < -0.3 is 14.9 Å². The van der Waals surface area contributed by atoms with Crippen LogP contribution >= 0.6 is 0 Å². The number of fused-ring (bicyclic) bond motifs is 1. The molecule has 0 saturated heterocycles. The monoisotopic (exact) mass is 414 g/mol. The predicted octanol–water partition coefficient (Wildman–Crippen LogP) is 3.30. The SMILES string of the molecule is CC(C)=C[C@H]1O[C@@](C)(C[C@H]2C(=O)C(C)=C[C@@H]2O)C2=C1[C@@H](C)[C@@H]1CC[C@H](C)[C@]1(O)C2=O. The highest BCUT2D eigenvalue weighted by atomic mass is 16.5. The third-order valence-corrected chi connectivity index (χ3v) is 8.08. The van der Waals surface area contributed by atoms with Gasteiger partial charge >= 0.3 is 0 Å². The van der Waals surface area contributed by atoms with Gasteiger partial charge in [-0.1, -0.05) is 25.5 Å². The van der Waals surface area contributed by atoms with Gasteiger partial charge in [0.1, 0.15) is 5.60 Å². The molecule has 0 aromatic carbocycles. The molecule has 0 bridgehead atoms. The first-order valence-electron chi connectivity index (χ1n) is 11.2. The minimum Gasteiger partial charge on any atom is -0.388 e. The van der Waals surface area contributed by atoms with Gasteiger partial charge in [-0.3, -0.25) is 9.59 Å². The molecule has 1 saturated carbocycles. The summed E-state index contributed by atoms with van der Waals surface area (Å²) < 4.78 is 6.52. The van der Waals surface area contributed by atoms with Crippen LogP contribution in [-0.2, 0) is 14.3 Å². The quantitative estimate of drug-likeness (QED) is 0.693. The fourth-order valence-corrected chi connectivity index (χ4v) is 6.50. The Hall–Kier alpha value is -1.56. The molecule has 5 heteroatoms. The molecule has 0 radical (unpaired) electrons. The summed E-state index contributed by atoms with van der Waals surface area (Å²) in [5, 5.41) is 22.0. The minimum absolute atomic E-state index is 0.0131. The highest BCUT2D eigenvalue weighted by Gasteiger charge is 2.64. The van der Waals surface area contributed by atoms with Crippen molar-refractivity contribution in [3.8, 4) is 0 Å². The Balaban J connectivity index is 1.82. The Labute approximate surface area is 178 Å². The van der Waals surface area contributed by atoms with Crippen LogP contribution in [0.4, 0.5) is 0 Å². The van der Waals surface area contributed by atoms with E-state index >= 15 is 0 Å². The topological polar surface area (TPSA) is 83.8 Å². The van der Waals surface area contributed by atoms with Crippen LogP contribution in [0.2, 0.25) is 0 Å². The molecule has 0 aromatic rings. The number of ketones is 2. The number of aliphatic hydroxyl groups excluding tert-OH is 1. The average Bonchev–Trinajstić information content (AvgIpc) is 3.20. The number of aliphatic hydroxyl groups is 2. The molecule has 1 aliphatic heterocycles. The van der Waals surface area contributed by atoms with Crippen molar-refractivity contribution in [1.82, 2.24) is 0 Å². The Kier molecular flexibility index (Phi) is 5.04. The number of ether oxygens (including phenoxy) is 1. The summed E-state index contributed by atoms with van der Waals surface area (Å²) in [6, 6.07) is 0. The molecule has 0 aromatic heterocycles. The molecule has 164 valence electrons. The van der Waals surface area contributed by atoms with Gasteiger partial charge in [0.05, 0.1) is 23.7 Å². The second kappa shape index (κ2) is 6.98. The number of hydrogen-bond donors (Lipinski definition) is 2. The van der Waals surface area contributed by atoms with Crippen molar-refractivity contribution in [3.63, 3.8) is 0 Å². The van der Waals surface area contributed by atoms with Gasteiger partial charge in [-0.05, 0) is 76.0 Å². The first-order chi connectivity index (χ1) is 13.9. The van der Waals surface area contributed by atoms with Crippen LogP contribution in [0, 0.1) is 23.7 Å². The van der Waals surface area contributed by atoms with Crippen LogP contribution in [0.15, 0.2) is 34.4 Å². The highest BCUT2D eigenvalue weighted by Crippen LogP contribution is 2.58. The first-order valence-corrected chi connectivity index (χ1v) is 11.2. The van der Waals surface area contributed by atoms with Crippen molar-refractivity contribution in [2.75, 3.05) is 0 Å². The average molecular weight is 415 g/mol. The molecular weight excluding hydrogens is 380 g/mol. The van der Waals surface area contributed by atoms with Crippen molar-refractivity contribution in [2.24, 2.45) is 23.7 Å². The van der Waals surface area contributed by atoms with Gasteiger partial charge in [0.15, 0.2) is 11.6 Å². The van der Waals surface area contributed by atoms with E-state index in [0.717, 1.165) is 24.0 Å². The smallest absolute Gasteiger partial charge is 0.193 e. The predicted molar refractivity (Wildman–Crippen MR) is 114 cm³/mol. The van der Waals surface area contributed by atoms with E-state index in [9.17, 15) is 19.8 Å². The lowest BCUT2D eigenvalue weighted by Crippen LogP contribution is -2.55. The number of allylic oxidation sites excluding steroid dienone is 2. The van der Waals surface area contributed by atoms with Crippen molar-refractivity contribution < 1.29 is 24.5 Å². The maximum absolute atomic E-state index is 13.8. The maximum atomic E-state index is 13.8. The zero-order valence-electron chi connectivity index (χ0n) is 18.9. The fraction of sp³-hybridized carbons (Fsp3) is 0.680. The molecule has 5 nitrogen and oxygen atoms in total. The Morgan fingerprint density at radius 3 is 2.50 bits per heavy atom. The minimum atomic E-state index is -1.38. The second-order valence-corrected chi connectivity index (χ2v) is 10.4. The molecule has 30 heavy (non-hydrogen) atoms. The van der Waals surface area contributed by atoms with Gasteiger partial charge in [0.25, 0.3) is 0 Å². The molecule has 3 aliphatic carbocycles. The van der Waals surface area contributed by atoms with E-state index in [2.05, 4.69) is 6.92 Å². The van der Waals surface area contributed by atoms with Gasteiger partial charge in [0.2, 0.25) is 0 Å². The Bertz CT molecular complexity index is 891. The standard InChI is InChI=1S/C25H34O5/c1-12(2)9-19-20-15(5)17-8-7-14(4)25(17,29)23(28)21(20)24(6,30-19)11-16-18(26)10-13(3)22(16)27/h9-10,14-19,26,29H,7-8,11H2,1-6H3/t14-,15-,16+,17-,18-,19+,24-,25+/m0/s1. The molecule has 1 fully saturated rings. The molecule has 4 rings (SSSR count). The van der Waals surface area contributed by atoms with Crippen LogP contribution in [0.3, 0.4) is 0 Å². The second-order valence-electron chi connectivity index (χ2n) is 10.4. The maximum Gasteiger partial charge on any atom is 0.193 e. The zero-order valence-corrected chi connectivity index (χ0v) is 18.9. The van der Waals surface area contributed by atoms with Crippen LogP contribution < -0.4 is 0 Å². The van der Waals surface area contributed by atoms with E-state index in [-0.39, 0.29) is 41.8 Å². The largest absolute Gasteiger partial charge is 0.388 e. The molecular formula is C25H34O5.